The van der Waals surface area contributed by atoms with Crippen molar-refractivity contribution in [2.45, 2.75) is 38.7 Å². The van der Waals surface area contributed by atoms with Gasteiger partial charge in [0.05, 0.1) is 5.56 Å². The van der Waals surface area contributed by atoms with Crippen molar-refractivity contribution < 1.29 is 19.1 Å². The second-order valence-corrected chi connectivity index (χ2v) is 6.97. The smallest absolute Gasteiger partial charge is 0.342 e. The number of primary amides is 1. The summed E-state index contributed by atoms with van der Waals surface area (Å²) in [6.07, 6.45) is 6.52. The fourth-order valence-corrected chi connectivity index (χ4v) is 4.25. The van der Waals surface area contributed by atoms with Gasteiger partial charge in [-0.2, -0.15) is 0 Å². The SMILES string of the molecule is C[C@@H](OC(=O)c1c(-n2cccc2)sc2c1CCCC2)C(=O)NC(N)=O. The van der Waals surface area contributed by atoms with E-state index in [1.165, 1.54) is 11.8 Å². The Balaban J connectivity index is 1.90. The number of urea groups is 1. The van der Waals surface area contributed by atoms with Crippen molar-refractivity contribution in [2.24, 2.45) is 5.73 Å². The Bertz CT molecular complexity index is 810. The Morgan fingerprint density at radius 3 is 2.60 bits per heavy atom. The highest BCUT2D eigenvalue weighted by molar-refractivity contribution is 7.15. The summed E-state index contributed by atoms with van der Waals surface area (Å²) in [4.78, 5) is 36.5. The Morgan fingerprint density at radius 2 is 1.92 bits per heavy atom. The largest absolute Gasteiger partial charge is 0.449 e. The zero-order valence-corrected chi connectivity index (χ0v) is 14.6. The molecule has 0 aromatic carbocycles. The molecule has 0 bridgehead atoms. The molecule has 3 amide bonds. The van der Waals surface area contributed by atoms with E-state index in [9.17, 15) is 14.4 Å². The summed E-state index contributed by atoms with van der Waals surface area (Å²) in [5.74, 6) is -1.30. The van der Waals surface area contributed by atoms with E-state index in [1.807, 2.05) is 34.4 Å². The number of imide groups is 1. The van der Waals surface area contributed by atoms with Crippen LogP contribution in [0.4, 0.5) is 4.79 Å². The lowest BCUT2D eigenvalue weighted by atomic mass is 9.95. The molecule has 3 N–H and O–H groups in total. The minimum absolute atomic E-state index is 0.509. The van der Waals surface area contributed by atoms with E-state index in [2.05, 4.69) is 0 Å². The fourth-order valence-electron chi connectivity index (χ4n) is 2.91. The maximum atomic E-state index is 12.8. The maximum Gasteiger partial charge on any atom is 0.342 e. The first kappa shape index (κ1) is 17.2. The number of nitrogens with one attached hydrogen (secondary N) is 1. The molecule has 1 atom stereocenters. The van der Waals surface area contributed by atoms with Crippen LogP contribution < -0.4 is 11.1 Å². The topological polar surface area (TPSA) is 103 Å². The number of nitrogens with zero attached hydrogens (tertiary/aromatic N) is 1. The molecule has 0 fully saturated rings. The summed E-state index contributed by atoms with van der Waals surface area (Å²) in [6, 6.07) is 2.79. The van der Waals surface area contributed by atoms with Gasteiger partial charge in [-0.05, 0) is 50.3 Å². The molecule has 1 aliphatic rings. The number of aryl methyl sites for hydroxylation is 1. The molecule has 2 heterocycles. The summed E-state index contributed by atoms with van der Waals surface area (Å²) in [6.45, 7) is 1.41. The second kappa shape index (κ2) is 7.10. The first-order valence-corrected chi connectivity index (χ1v) is 8.88. The number of hydrogen-bond acceptors (Lipinski definition) is 5. The predicted octanol–water partition coefficient (Wildman–Crippen LogP) is 2.16. The van der Waals surface area contributed by atoms with Gasteiger partial charge in [0, 0.05) is 17.3 Å². The molecule has 0 unspecified atom stereocenters. The first-order valence-electron chi connectivity index (χ1n) is 8.06. The third kappa shape index (κ3) is 3.58. The van der Waals surface area contributed by atoms with Crippen LogP contribution in [0.3, 0.4) is 0 Å². The van der Waals surface area contributed by atoms with Crippen molar-refractivity contribution >= 4 is 29.2 Å². The van der Waals surface area contributed by atoms with Crippen LogP contribution in [0.2, 0.25) is 0 Å². The van der Waals surface area contributed by atoms with Crippen LogP contribution in [0.25, 0.3) is 5.00 Å². The van der Waals surface area contributed by atoms with Gasteiger partial charge in [0.15, 0.2) is 6.10 Å². The van der Waals surface area contributed by atoms with Crippen molar-refractivity contribution in [3.05, 3.63) is 40.5 Å². The molecule has 0 aliphatic heterocycles. The Kier molecular flexibility index (Phi) is 4.89. The van der Waals surface area contributed by atoms with Crippen molar-refractivity contribution in [1.29, 1.82) is 0 Å². The normalized spacial score (nSPS) is 14.4. The minimum atomic E-state index is -1.11. The molecular weight excluding hydrogens is 342 g/mol. The van der Waals surface area contributed by atoms with Crippen LogP contribution in [0.1, 0.15) is 40.6 Å². The van der Waals surface area contributed by atoms with E-state index in [1.54, 1.807) is 11.3 Å². The molecule has 0 saturated heterocycles. The van der Waals surface area contributed by atoms with Gasteiger partial charge >= 0.3 is 12.0 Å². The average molecular weight is 361 g/mol. The molecular formula is C17H19N3O4S. The molecule has 7 nitrogen and oxygen atoms in total. The van der Waals surface area contributed by atoms with E-state index in [0.717, 1.165) is 36.2 Å². The lowest BCUT2D eigenvalue weighted by molar-refractivity contribution is -0.127. The average Bonchev–Trinajstić information content (AvgIpc) is 3.21. The highest BCUT2D eigenvalue weighted by Gasteiger charge is 2.29. The fraction of sp³-hybridized carbons (Fsp3) is 0.353. The number of ether oxygens (including phenoxy) is 1. The molecule has 25 heavy (non-hydrogen) atoms. The third-order valence-corrected chi connectivity index (χ3v) is 5.40. The van der Waals surface area contributed by atoms with Gasteiger partial charge in [0.2, 0.25) is 0 Å². The number of carbonyl (C=O) groups is 3. The van der Waals surface area contributed by atoms with Gasteiger partial charge in [0.1, 0.15) is 5.00 Å². The van der Waals surface area contributed by atoms with Gasteiger partial charge in [-0.25, -0.2) is 9.59 Å². The highest BCUT2D eigenvalue weighted by atomic mass is 32.1. The summed E-state index contributed by atoms with van der Waals surface area (Å²) in [5, 5.41) is 2.71. The van der Waals surface area contributed by atoms with Gasteiger partial charge in [-0.3, -0.25) is 10.1 Å². The summed E-state index contributed by atoms with van der Waals surface area (Å²) in [5.41, 5.74) is 6.44. The predicted molar refractivity (Wildman–Crippen MR) is 92.9 cm³/mol. The van der Waals surface area contributed by atoms with E-state index < -0.39 is 24.0 Å². The van der Waals surface area contributed by atoms with Crippen LogP contribution in [0.15, 0.2) is 24.5 Å². The van der Waals surface area contributed by atoms with Crippen LogP contribution >= 0.6 is 11.3 Å². The van der Waals surface area contributed by atoms with E-state index in [-0.39, 0.29) is 0 Å². The van der Waals surface area contributed by atoms with Crippen molar-refractivity contribution in [3.63, 3.8) is 0 Å². The molecule has 2 aromatic heterocycles. The lowest BCUT2D eigenvalue weighted by Gasteiger charge is -2.15. The summed E-state index contributed by atoms with van der Waals surface area (Å²) >= 11 is 1.58. The maximum absolute atomic E-state index is 12.8. The monoisotopic (exact) mass is 361 g/mol. The molecule has 132 valence electrons. The Hall–Kier alpha value is -2.61. The number of esters is 1. The number of thiophene rings is 1. The molecule has 0 saturated carbocycles. The van der Waals surface area contributed by atoms with Gasteiger partial charge < -0.3 is 15.0 Å². The van der Waals surface area contributed by atoms with Crippen LogP contribution in [-0.4, -0.2) is 28.6 Å². The molecule has 8 heteroatoms. The highest BCUT2D eigenvalue weighted by Crippen LogP contribution is 2.37. The lowest BCUT2D eigenvalue weighted by Crippen LogP contribution is -2.42. The van der Waals surface area contributed by atoms with Gasteiger partial charge in [0.25, 0.3) is 5.91 Å². The Labute approximate surface area is 148 Å². The number of amides is 3. The molecule has 0 radical (unpaired) electrons. The number of nitrogens with two attached hydrogens (primary N) is 1. The third-order valence-electron chi connectivity index (χ3n) is 4.10. The zero-order chi connectivity index (χ0) is 18.0. The number of rotatable bonds is 4. The standard InChI is InChI=1S/C17H19N3O4S/c1-10(14(21)19-17(18)23)24-16(22)13-11-6-2-3-7-12(11)25-15(13)20-8-4-5-9-20/h4-5,8-10H,2-3,6-7H2,1H3,(H3,18,19,21,23)/t10-/m1/s1. The molecule has 2 aromatic rings. The van der Waals surface area contributed by atoms with Crippen LogP contribution in [-0.2, 0) is 22.4 Å². The molecule has 0 spiro atoms. The second-order valence-electron chi connectivity index (χ2n) is 5.88. The number of fused-ring (bicyclic) bond motifs is 1. The minimum Gasteiger partial charge on any atom is -0.449 e. The zero-order valence-electron chi connectivity index (χ0n) is 13.8. The van der Waals surface area contributed by atoms with E-state index in [4.69, 9.17) is 10.5 Å². The molecule has 1 aliphatic carbocycles. The first-order chi connectivity index (χ1) is 12.0. The van der Waals surface area contributed by atoms with Crippen molar-refractivity contribution in [1.82, 2.24) is 9.88 Å². The number of aromatic nitrogens is 1. The van der Waals surface area contributed by atoms with Crippen LogP contribution in [0, 0.1) is 0 Å². The quantitative estimate of drug-likeness (QED) is 0.814. The van der Waals surface area contributed by atoms with E-state index in [0.29, 0.717) is 5.56 Å². The summed E-state index contributed by atoms with van der Waals surface area (Å²) in [7, 11) is 0. The van der Waals surface area contributed by atoms with Gasteiger partial charge in [-0.15, -0.1) is 11.3 Å². The van der Waals surface area contributed by atoms with Crippen molar-refractivity contribution in [3.8, 4) is 5.00 Å². The van der Waals surface area contributed by atoms with E-state index >= 15 is 0 Å². The Morgan fingerprint density at radius 1 is 1.24 bits per heavy atom. The number of carbonyl (C=O) groups excluding carboxylic acids is 3. The van der Waals surface area contributed by atoms with Gasteiger partial charge in [-0.1, -0.05) is 0 Å². The van der Waals surface area contributed by atoms with Crippen molar-refractivity contribution in [2.75, 3.05) is 0 Å². The summed E-state index contributed by atoms with van der Waals surface area (Å²) < 4.78 is 7.18. The molecule has 3 rings (SSSR count). The van der Waals surface area contributed by atoms with Crippen LogP contribution in [0.5, 0.6) is 0 Å². The number of hydrogen-bond donors (Lipinski definition) is 2.